The Balaban J connectivity index is 0.00000192. The number of nitrogens with one attached hydrogen (secondary N) is 1. The second kappa shape index (κ2) is 7.68. The van der Waals surface area contributed by atoms with Crippen molar-refractivity contribution in [2.24, 2.45) is 5.92 Å². The number of halogens is 2. The van der Waals surface area contributed by atoms with Gasteiger partial charge in [0.1, 0.15) is 0 Å². The molecule has 0 amide bonds. The lowest BCUT2D eigenvalue weighted by Crippen LogP contribution is -2.52. The first-order chi connectivity index (χ1) is 10.5. The summed E-state index contributed by atoms with van der Waals surface area (Å²) in [5.74, 6) is 0.529. The second-order valence-electron chi connectivity index (χ2n) is 6.08. The van der Waals surface area contributed by atoms with E-state index >= 15 is 0 Å². The Morgan fingerprint density at radius 3 is 2.70 bits per heavy atom. The minimum atomic E-state index is -3.46. The Bertz CT molecular complexity index is 637. The average Bonchev–Trinajstić information content (AvgIpc) is 3.32. The third-order valence-electron chi connectivity index (χ3n) is 4.36. The van der Waals surface area contributed by atoms with Gasteiger partial charge < -0.3 is 5.32 Å². The van der Waals surface area contributed by atoms with E-state index in [-0.39, 0.29) is 18.4 Å². The quantitative estimate of drug-likeness (QED) is 0.853. The van der Waals surface area contributed by atoms with Crippen LogP contribution in [-0.4, -0.2) is 50.3 Å². The molecule has 8 heteroatoms. The van der Waals surface area contributed by atoms with E-state index in [9.17, 15) is 8.42 Å². The maximum absolute atomic E-state index is 12.9. The zero-order valence-corrected chi connectivity index (χ0v) is 15.5. The first kappa shape index (κ1) is 19.0. The van der Waals surface area contributed by atoms with Gasteiger partial charge >= 0.3 is 0 Å². The Labute approximate surface area is 149 Å². The summed E-state index contributed by atoms with van der Waals surface area (Å²) < 4.78 is 28.9. The van der Waals surface area contributed by atoms with Gasteiger partial charge in [-0.15, -0.1) is 12.4 Å². The molecule has 2 fully saturated rings. The minimum Gasteiger partial charge on any atom is -0.313 e. The molecule has 1 unspecified atom stereocenters. The fraction of sp³-hybridized carbons (Fsp3) is 0.600. The van der Waals surface area contributed by atoms with Crippen LogP contribution >= 0.6 is 24.0 Å². The van der Waals surface area contributed by atoms with Crippen LogP contribution in [0.25, 0.3) is 0 Å². The van der Waals surface area contributed by atoms with Crippen molar-refractivity contribution in [2.45, 2.75) is 18.9 Å². The van der Waals surface area contributed by atoms with Gasteiger partial charge in [-0.25, -0.2) is 0 Å². The van der Waals surface area contributed by atoms with Crippen molar-refractivity contribution in [1.29, 1.82) is 0 Å². The normalized spacial score (nSPS) is 22.8. The molecule has 1 aromatic carbocycles. The number of rotatable bonds is 5. The first-order valence-electron chi connectivity index (χ1n) is 7.68. The average molecular weight is 380 g/mol. The van der Waals surface area contributed by atoms with Gasteiger partial charge in [0, 0.05) is 38.2 Å². The van der Waals surface area contributed by atoms with Crippen molar-refractivity contribution in [2.75, 3.05) is 33.2 Å². The molecule has 23 heavy (non-hydrogen) atoms. The molecule has 1 aromatic rings. The minimum absolute atomic E-state index is 0. The molecule has 1 saturated heterocycles. The molecule has 0 spiro atoms. The molecule has 0 aromatic heterocycles. The highest BCUT2D eigenvalue weighted by atomic mass is 35.5. The summed E-state index contributed by atoms with van der Waals surface area (Å²) in [7, 11) is -1.78. The summed E-state index contributed by atoms with van der Waals surface area (Å²) in [6.07, 6.45) is 2.27. The summed E-state index contributed by atoms with van der Waals surface area (Å²) in [4.78, 5) is 0. The van der Waals surface area contributed by atoms with Gasteiger partial charge in [-0.3, -0.25) is 0 Å². The van der Waals surface area contributed by atoms with Crippen molar-refractivity contribution < 1.29 is 8.42 Å². The molecule has 3 rings (SSSR count). The van der Waals surface area contributed by atoms with Gasteiger partial charge in [0.2, 0.25) is 0 Å². The second-order valence-corrected chi connectivity index (χ2v) is 8.48. The van der Waals surface area contributed by atoms with Gasteiger partial charge in [0.15, 0.2) is 0 Å². The standard InChI is InChI=1S/C15H22ClN3O2S.ClH/c1-18(11-12-6-7-12)22(20,21)19-9-8-17-10-15(19)13-4-2-3-5-14(13)16;/h2-5,12,15,17H,6-11H2,1H3;1H. The summed E-state index contributed by atoms with van der Waals surface area (Å²) in [6, 6.07) is 7.22. The van der Waals surface area contributed by atoms with E-state index in [4.69, 9.17) is 11.6 Å². The van der Waals surface area contributed by atoms with Crippen LogP contribution in [0.15, 0.2) is 24.3 Å². The molecule has 0 radical (unpaired) electrons. The van der Waals surface area contributed by atoms with Crippen molar-refractivity contribution >= 4 is 34.2 Å². The van der Waals surface area contributed by atoms with Crippen LogP contribution in [0.5, 0.6) is 0 Å². The van der Waals surface area contributed by atoms with Gasteiger partial charge in [0.25, 0.3) is 10.2 Å². The van der Waals surface area contributed by atoms with Crippen LogP contribution in [0.2, 0.25) is 5.02 Å². The largest absolute Gasteiger partial charge is 0.313 e. The number of hydrogen-bond acceptors (Lipinski definition) is 3. The van der Waals surface area contributed by atoms with Crippen LogP contribution in [0.3, 0.4) is 0 Å². The van der Waals surface area contributed by atoms with E-state index in [1.807, 2.05) is 24.3 Å². The molecule has 5 nitrogen and oxygen atoms in total. The molecule has 1 aliphatic heterocycles. The van der Waals surface area contributed by atoms with Gasteiger partial charge in [-0.2, -0.15) is 17.0 Å². The number of hydrogen-bond donors (Lipinski definition) is 1. The summed E-state index contributed by atoms with van der Waals surface area (Å²) >= 11 is 6.28. The predicted molar refractivity (Wildman–Crippen MR) is 95.3 cm³/mol. The molecule has 2 aliphatic rings. The zero-order valence-electron chi connectivity index (χ0n) is 13.1. The van der Waals surface area contributed by atoms with E-state index in [1.165, 1.54) is 4.31 Å². The monoisotopic (exact) mass is 379 g/mol. The Kier molecular flexibility index (Phi) is 6.33. The Morgan fingerprint density at radius 2 is 2.04 bits per heavy atom. The van der Waals surface area contributed by atoms with Gasteiger partial charge in [0.05, 0.1) is 6.04 Å². The van der Waals surface area contributed by atoms with Crippen molar-refractivity contribution in [3.8, 4) is 0 Å². The van der Waals surface area contributed by atoms with Crippen molar-refractivity contribution in [3.05, 3.63) is 34.9 Å². The Hall–Kier alpha value is -0.370. The van der Waals surface area contributed by atoms with Crippen LogP contribution < -0.4 is 5.32 Å². The van der Waals surface area contributed by atoms with E-state index in [2.05, 4.69) is 5.32 Å². The Morgan fingerprint density at radius 1 is 1.35 bits per heavy atom. The van der Waals surface area contributed by atoms with Gasteiger partial charge in [-0.1, -0.05) is 29.8 Å². The van der Waals surface area contributed by atoms with Crippen LogP contribution in [-0.2, 0) is 10.2 Å². The predicted octanol–water partition coefficient (Wildman–Crippen LogP) is 2.29. The van der Waals surface area contributed by atoms with E-state index < -0.39 is 10.2 Å². The van der Waals surface area contributed by atoms with E-state index in [0.717, 1.165) is 18.4 Å². The van der Waals surface area contributed by atoms with Gasteiger partial charge in [-0.05, 0) is 30.4 Å². The third kappa shape index (κ3) is 4.18. The first-order valence-corrected chi connectivity index (χ1v) is 9.46. The molecule has 0 bridgehead atoms. The lowest BCUT2D eigenvalue weighted by Gasteiger charge is -2.38. The van der Waals surface area contributed by atoms with Crippen LogP contribution in [0, 0.1) is 5.92 Å². The molecule has 130 valence electrons. The topological polar surface area (TPSA) is 52.7 Å². The maximum atomic E-state index is 12.9. The lowest BCUT2D eigenvalue weighted by molar-refractivity contribution is 0.251. The fourth-order valence-electron chi connectivity index (χ4n) is 2.91. The number of benzene rings is 1. The molecule has 1 heterocycles. The number of piperazine rings is 1. The molecule has 1 saturated carbocycles. The molecule has 1 atom stereocenters. The fourth-order valence-corrected chi connectivity index (χ4v) is 4.76. The van der Waals surface area contributed by atoms with Crippen LogP contribution in [0.4, 0.5) is 0 Å². The number of nitrogens with zero attached hydrogens (tertiary/aromatic N) is 2. The maximum Gasteiger partial charge on any atom is 0.282 e. The third-order valence-corrected chi connectivity index (χ3v) is 6.67. The van der Waals surface area contributed by atoms with E-state index in [0.29, 0.717) is 37.1 Å². The van der Waals surface area contributed by atoms with Crippen molar-refractivity contribution in [3.63, 3.8) is 0 Å². The highest BCUT2D eigenvalue weighted by Gasteiger charge is 2.38. The van der Waals surface area contributed by atoms with Crippen molar-refractivity contribution in [1.82, 2.24) is 13.9 Å². The lowest BCUT2D eigenvalue weighted by atomic mass is 10.1. The summed E-state index contributed by atoms with van der Waals surface area (Å²) in [5, 5.41) is 3.88. The van der Waals surface area contributed by atoms with Crippen LogP contribution in [0.1, 0.15) is 24.4 Å². The molecular formula is C15H23Cl2N3O2S. The zero-order chi connectivity index (χ0) is 15.7. The molecule has 1 aliphatic carbocycles. The van der Waals surface area contributed by atoms with E-state index in [1.54, 1.807) is 11.4 Å². The summed E-state index contributed by atoms with van der Waals surface area (Å²) in [6.45, 7) is 2.33. The molecular weight excluding hydrogens is 357 g/mol. The summed E-state index contributed by atoms with van der Waals surface area (Å²) in [5.41, 5.74) is 0.861. The molecule has 1 N–H and O–H groups in total. The highest BCUT2D eigenvalue weighted by molar-refractivity contribution is 7.86. The smallest absolute Gasteiger partial charge is 0.282 e. The SMILES string of the molecule is CN(CC1CC1)S(=O)(=O)N1CCNCC1c1ccccc1Cl.Cl. The highest BCUT2D eigenvalue weighted by Crippen LogP contribution is 2.33.